The van der Waals surface area contributed by atoms with Gasteiger partial charge in [0.25, 0.3) is 0 Å². The van der Waals surface area contributed by atoms with Crippen LogP contribution in [0.5, 0.6) is 0 Å². The Labute approximate surface area is 169 Å². The molecule has 0 amide bonds. The van der Waals surface area contributed by atoms with Crippen LogP contribution in [0.15, 0.2) is 66.9 Å². The SMILES string of the molecule is OC(c1ccccn1)c1cccc(F)c1N1CCN(Cc2cccc(F)c2)CC1. The Morgan fingerprint density at radius 3 is 2.45 bits per heavy atom. The van der Waals surface area contributed by atoms with Crippen LogP contribution in [0.2, 0.25) is 0 Å². The van der Waals surface area contributed by atoms with Crippen molar-refractivity contribution in [3.8, 4) is 0 Å². The highest BCUT2D eigenvalue weighted by atomic mass is 19.1. The Morgan fingerprint density at radius 2 is 1.72 bits per heavy atom. The lowest BCUT2D eigenvalue weighted by molar-refractivity contribution is 0.213. The number of hydrogen-bond donors (Lipinski definition) is 1. The van der Waals surface area contributed by atoms with Crippen molar-refractivity contribution in [3.63, 3.8) is 0 Å². The van der Waals surface area contributed by atoms with E-state index in [-0.39, 0.29) is 11.6 Å². The van der Waals surface area contributed by atoms with Gasteiger partial charge in [-0.25, -0.2) is 8.78 Å². The first kappa shape index (κ1) is 19.5. The van der Waals surface area contributed by atoms with Gasteiger partial charge in [-0.15, -0.1) is 0 Å². The Morgan fingerprint density at radius 1 is 0.931 bits per heavy atom. The maximum Gasteiger partial charge on any atom is 0.146 e. The predicted octanol–water partition coefficient (Wildman–Crippen LogP) is 3.76. The lowest BCUT2D eigenvalue weighted by atomic mass is 10.0. The van der Waals surface area contributed by atoms with Crippen LogP contribution in [0.1, 0.15) is 22.9 Å². The Hall–Kier alpha value is -2.83. The van der Waals surface area contributed by atoms with Crippen LogP contribution in [-0.4, -0.2) is 41.2 Å². The quantitative estimate of drug-likeness (QED) is 0.714. The van der Waals surface area contributed by atoms with Gasteiger partial charge in [-0.3, -0.25) is 9.88 Å². The number of halogens is 2. The average Bonchev–Trinajstić information content (AvgIpc) is 2.74. The van der Waals surface area contributed by atoms with E-state index in [1.807, 2.05) is 11.0 Å². The van der Waals surface area contributed by atoms with Crippen molar-refractivity contribution < 1.29 is 13.9 Å². The van der Waals surface area contributed by atoms with E-state index < -0.39 is 6.10 Å². The molecule has 0 saturated carbocycles. The van der Waals surface area contributed by atoms with Gasteiger partial charge in [0.15, 0.2) is 0 Å². The van der Waals surface area contributed by atoms with Crippen LogP contribution >= 0.6 is 0 Å². The highest BCUT2D eigenvalue weighted by Gasteiger charge is 2.25. The minimum atomic E-state index is -0.993. The smallest absolute Gasteiger partial charge is 0.146 e. The molecule has 1 saturated heterocycles. The van der Waals surface area contributed by atoms with Crippen molar-refractivity contribution in [1.29, 1.82) is 0 Å². The standard InChI is InChI=1S/C23H23F2N3O/c24-18-6-3-5-17(15-18)16-27-11-13-28(14-12-27)22-19(7-4-8-20(22)25)23(29)21-9-1-2-10-26-21/h1-10,15,23,29H,11-14,16H2. The summed E-state index contributed by atoms with van der Waals surface area (Å²) in [5, 5.41) is 10.8. The molecule has 0 bridgehead atoms. The molecule has 1 N–H and O–H groups in total. The molecule has 0 spiro atoms. The highest BCUT2D eigenvalue weighted by molar-refractivity contribution is 5.57. The third-order valence-electron chi connectivity index (χ3n) is 5.26. The fraction of sp³-hybridized carbons (Fsp3) is 0.261. The largest absolute Gasteiger partial charge is 0.382 e. The third-order valence-corrected chi connectivity index (χ3v) is 5.26. The van der Waals surface area contributed by atoms with Crippen molar-refractivity contribution in [2.24, 2.45) is 0 Å². The van der Waals surface area contributed by atoms with Gasteiger partial charge >= 0.3 is 0 Å². The van der Waals surface area contributed by atoms with Crippen LogP contribution < -0.4 is 4.90 Å². The van der Waals surface area contributed by atoms with Crippen LogP contribution in [0.3, 0.4) is 0 Å². The summed E-state index contributed by atoms with van der Waals surface area (Å²) in [6, 6.07) is 16.7. The number of para-hydroxylation sites is 1. The van der Waals surface area contributed by atoms with E-state index in [1.165, 1.54) is 12.1 Å². The van der Waals surface area contributed by atoms with Gasteiger partial charge in [-0.05, 0) is 35.9 Å². The molecule has 0 radical (unpaired) electrons. The number of nitrogens with zero attached hydrogens (tertiary/aromatic N) is 3. The number of aromatic nitrogens is 1. The lowest BCUT2D eigenvalue weighted by Gasteiger charge is -2.37. The zero-order valence-electron chi connectivity index (χ0n) is 16.0. The first-order chi connectivity index (χ1) is 14.1. The van der Waals surface area contributed by atoms with Gasteiger partial charge in [-0.2, -0.15) is 0 Å². The van der Waals surface area contributed by atoms with Crippen LogP contribution in [0.25, 0.3) is 0 Å². The van der Waals surface area contributed by atoms with E-state index in [2.05, 4.69) is 9.88 Å². The average molecular weight is 395 g/mol. The molecule has 2 aromatic carbocycles. The fourth-order valence-electron chi connectivity index (χ4n) is 3.81. The summed E-state index contributed by atoms with van der Waals surface area (Å²) in [7, 11) is 0. The molecular weight excluding hydrogens is 372 g/mol. The lowest BCUT2D eigenvalue weighted by Crippen LogP contribution is -2.46. The topological polar surface area (TPSA) is 39.6 Å². The van der Waals surface area contributed by atoms with Gasteiger partial charge < -0.3 is 10.0 Å². The number of piperazine rings is 1. The molecule has 2 heterocycles. The normalized spacial score (nSPS) is 16.0. The van der Waals surface area contributed by atoms with Crippen LogP contribution in [-0.2, 0) is 6.54 Å². The van der Waals surface area contributed by atoms with E-state index in [0.717, 1.165) is 18.7 Å². The second-order valence-electron chi connectivity index (χ2n) is 7.23. The second kappa shape index (κ2) is 8.68. The van der Waals surface area contributed by atoms with Crippen LogP contribution in [0, 0.1) is 11.6 Å². The summed E-state index contributed by atoms with van der Waals surface area (Å²) >= 11 is 0. The number of hydrogen-bond acceptors (Lipinski definition) is 4. The Kier molecular flexibility index (Phi) is 5.83. The molecular formula is C23H23F2N3O. The van der Waals surface area contributed by atoms with Crippen molar-refractivity contribution in [2.45, 2.75) is 12.6 Å². The number of benzene rings is 2. The molecule has 1 unspecified atom stereocenters. The molecule has 1 atom stereocenters. The molecule has 4 nitrogen and oxygen atoms in total. The maximum atomic E-state index is 14.8. The minimum Gasteiger partial charge on any atom is -0.382 e. The Bertz CT molecular complexity index is 959. The molecule has 0 aliphatic carbocycles. The molecule has 3 aromatic rings. The van der Waals surface area contributed by atoms with Gasteiger partial charge in [0.2, 0.25) is 0 Å². The van der Waals surface area contributed by atoms with Gasteiger partial charge in [0.1, 0.15) is 17.7 Å². The van der Waals surface area contributed by atoms with E-state index >= 15 is 0 Å². The van der Waals surface area contributed by atoms with E-state index in [9.17, 15) is 13.9 Å². The minimum absolute atomic E-state index is 0.236. The summed E-state index contributed by atoms with van der Waals surface area (Å²) in [6.45, 7) is 3.36. The summed E-state index contributed by atoms with van der Waals surface area (Å²) in [5.41, 5.74) is 2.36. The number of pyridine rings is 1. The molecule has 1 aliphatic heterocycles. The van der Waals surface area contributed by atoms with Crippen LogP contribution in [0.4, 0.5) is 14.5 Å². The van der Waals surface area contributed by atoms with E-state index in [1.54, 1.807) is 48.7 Å². The molecule has 1 aliphatic rings. The first-order valence-electron chi connectivity index (χ1n) is 9.71. The maximum absolute atomic E-state index is 14.8. The number of aliphatic hydroxyl groups excluding tert-OH is 1. The van der Waals surface area contributed by atoms with Gasteiger partial charge in [0.05, 0.1) is 11.4 Å². The van der Waals surface area contributed by atoms with E-state index in [4.69, 9.17) is 0 Å². The molecule has 1 aromatic heterocycles. The summed E-state index contributed by atoms with van der Waals surface area (Å²) in [4.78, 5) is 8.40. The number of anilines is 1. The number of aliphatic hydroxyl groups is 1. The monoisotopic (exact) mass is 395 g/mol. The second-order valence-corrected chi connectivity index (χ2v) is 7.23. The first-order valence-corrected chi connectivity index (χ1v) is 9.71. The van der Waals surface area contributed by atoms with Crippen molar-refractivity contribution in [3.05, 3.63) is 95.3 Å². The Balaban J connectivity index is 1.50. The molecule has 150 valence electrons. The van der Waals surface area contributed by atoms with E-state index in [0.29, 0.717) is 36.6 Å². The summed E-state index contributed by atoms with van der Waals surface area (Å²) in [6.07, 6.45) is 0.620. The fourth-order valence-corrected chi connectivity index (χ4v) is 3.81. The molecule has 6 heteroatoms. The number of rotatable bonds is 5. The zero-order valence-corrected chi connectivity index (χ0v) is 16.0. The third kappa shape index (κ3) is 4.44. The zero-order chi connectivity index (χ0) is 20.2. The van der Waals surface area contributed by atoms with Crippen molar-refractivity contribution in [2.75, 3.05) is 31.1 Å². The summed E-state index contributed by atoms with van der Waals surface area (Å²) in [5.74, 6) is -0.586. The molecule has 1 fully saturated rings. The highest BCUT2D eigenvalue weighted by Crippen LogP contribution is 2.33. The predicted molar refractivity (Wildman–Crippen MR) is 109 cm³/mol. The van der Waals surface area contributed by atoms with Gasteiger partial charge in [-0.1, -0.05) is 30.3 Å². The van der Waals surface area contributed by atoms with Crippen molar-refractivity contribution >= 4 is 5.69 Å². The summed E-state index contributed by atoms with van der Waals surface area (Å²) < 4.78 is 28.2. The van der Waals surface area contributed by atoms with Crippen molar-refractivity contribution in [1.82, 2.24) is 9.88 Å². The molecule has 29 heavy (non-hydrogen) atoms. The molecule has 4 rings (SSSR count). The van der Waals surface area contributed by atoms with Gasteiger partial charge in [0, 0.05) is 44.5 Å².